The van der Waals surface area contributed by atoms with Crippen LogP contribution in [-0.2, 0) is 18.4 Å². The lowest BCUT2D eigenvalue weighted by molar-refractivity contribution is -0.870. The molecule has 0 aromatic carbocycles. The van der Waals surface area contributed by atoms with Crippen LogP contribution in [0.15, 0.2) is 122 Å². The Hall–Kier alpha value is -3.10. The molecule has 65 heavy (non-hydrogen) atoms. The molecule has 0 aromatic heterocycles. The predicted octanol–water partition coefficient (Wildman–Crippen LogP) is 14.4. The number of carbonyl (C=O) groups excluding carboxylic acids is 1. The normalized spacial score (nSPS) is 15.1. The second-order valence-corrected chi connectivity index (χ2v) is 19.1. The van der Waals surface area contributed by atoms with Gasteiger partial charge in [-0.3, -0.25) is 9.36 Å². The number of amides is 1. The number of hydrogen-bond acceptors (Lipinski definition) is 6. The number of nitrogens with one attached hydrogen (secondary N) is 1. The van der Waals surface area contributed by atoms with Gasteiger partial charge in [-0.05, 0) is 96.3 Å². The van der Waals surface area contributed by atoms with Crippen LogP contribution < -0.4 is 10.2 Å². The number of hydrogen-bond donors (Lipinski definition) is 2. The molecule has 0 aliphatic heterocycles. The molecule has 9 heteroatoms. The van der Waals surface area contributed by atoms with Crippen molar-refractivity contribution in [2.45, 2.75) is 187 Å². The Bertz CT molecular complexity index is 1460. The van der Waals surface area contributed by atoms with E-state index < -0.39 is 26.6 Å². The standard InChI is InChI=1S/C56H95N2O6P/c1-6-8-10-12-14-16-18-19-20-21-22-23-24-25-26-27-28-29-30-31-32-33-34-35-36-37-38-39-40-42-44-46-48-50-56(60)57-54(53-64-65(61,62)63-52-51-58(3,4)5)55(59)49-47-45-43-41-17-15-13-11-9-7-2/h8-11,14,16-17,19-20,22-23,25-26,28-29,31-32,41,47,49,54-55,59H,6-7,12-13,15,18,21,24,27,30,33-40,42-46,48,50-53H2,1-5H3,(H-,57,60,61,62)/b10-8-,11-9+,16-14-,20-19-,23-22-,26-25-,29-28-,32-31-,41-17+,49-47+. The highest BCUT2D eigenvalue weighted by atomic mass is 31.2. The fraction of sp³-hybridized carbons (Fsp3) is 0.625. The van der Waals surface area contributed by atoms with E-state index in [4.69, 9.17) is 9.05 Å². The molecule has 0 saturated heterocycles. The molecule has 0 fully saturated rings. The first-order valence-electron chi connectivity index (χ1n) is 25.4. The number of allylic oxidation sites excluding steroid dienone is 19. The van der Waals surface area contributed by atoms with Gasteiger partial charge in [0.25, 0.3) is 7.82 Å². The zero-order valence-corrected chi connectivity index (χ0v) is 42.8. The van der Waals surface area contributed by atoms with Crippen molar-refractivity contribution in [3.05, 3.63) is 122 Å². The number of rotatable bonds is 44. The molecule has 0 spiro atoms. The molecule has 8 nitrogen and oxygen atoms in total. The molecule has 3 atom stereocenters. The van der Waals surface area contributed by atoms with Gasteiger partial charge in [0.15, 0.2) is 0 Å². The maximum Gasteiger partial charge on any atom is 0.268 e. The largest absolute Gasteiger partial charge is 0.756 e. The summed E-state index contributed by atoms with van der Waals surface area (Å²) in [5.74, 6) is -0.224. The molecule has 0 saturated carbocycles. The molecular formula is C56H95N2O6P. The molecule has 1 amide bonds. The minimum Gasteiger partial charge on any atom is -0.756 e. The van der Waals surface area contributed by atoms with Gasteiger partial charge < -0.3 is 28.8 Å². The minimum absolute atomic E-state index is 0.0160. The number of phosphoric acid groups is 1. The SMILES string of the molecule is CC/C=C\C/C=C\C/C=C\C/C=C\C/C=C\C/C=C\C/C=C\CCCCCCCCCCCCCC(=O)NC(COP(=O)([O-])OCC[N+](C)(C)C)C(O)/C=C/CC/C=C/CC/C=C/CC. The maximum absolute atomic E-state index is 12.9. The van der Waals surface area contributed by atoms with Crippen LogP contribution in [0.1, 0.15) is 174 Å². The van der Waals surface area contributed by atoms with E-state index in [0.717, 1.165) is 103 Å². The molecule has 0 rings (SSSR count). The summed E-state index contributed by atoms with van der Waals surface area (Å²) < 4.78 is 23.2. The molecular weight excluding hydrogens is 828 g/mol. The highest BCUT2D eigenvalue weighted by molar-refractivity contribution is 7.45. The van der Waals surface area contributed by atoms with Gasteiger partial charge in [-0.25, -0.2) is 0 Å². The Balaban J connectivity index is 4.13. The van der Waals surface area contributed by atoms with Gasteiger partial charge in [-0.1, -0.05) is 193 Å². The summed E-state index contributed by atoms with van der Waals surface area (Å²) in [6, 6.07) is -0.917. The summed E-state index contributed by atoms with van der Waals surface area (Å²) in [5.41, 5.74) is 0. The highest BCUT2D eigenvalue weighted by Gasteiger charge is 2.23. The van der Waals surface area contributed by atoms with Crippen LogP contribution in [0, 0.1) is 0 Å². The summed E-state index contributed by atoms with van der Waals surface area (Å²) in [7, 11) is 1.21. The van der Waals surface area contributed by atoms with Crippen LogP contribution in [0.4, 0.5) is 0 Å². The molecule has 0 heterocycles. The predicted molar refractivity (Wildman–Crippen MR) is 279 cm³/mol. The van der Waals surface area contributed by atoms with Crippen LogP contribution in [0.2, 0.25) is 0 Å². The zero-order valence-electron chi connectivity index (χ0n) is 41.9. The van der Waals surface area contributed by atoms with Crippen LogP contribution in [0.25, 0.3) is 0 Å². The van der Waals surface area contributed by atoms with Crippen molar-refractivity contribution >= 4 is 13.7 Å². The van der Waals surface area contributed by atoms with E-state index >= 15 is 0 Å². The van der Waals surface area contributed by atoms with E-state index in [0.29, 0.717) is 17.4 Å². The first-order chi connectivity index (χ1) is 31.5. The average Bonchev–Trinajstić information content (AvgIpc) is 3.26. The van der Waals surface area contributed by atoms with Crippen LogP contribution in [0.3, 0.4) is 0 Å². The van der Waals surface area contributed by atoms with Crippen molar-refractivity contribution in [3.8, 4) is 0 Å². The third kappa shape index (κ3) is 48.6. The molecule has 0 aliphatic carbocycles. The quantitative estimate of drug-likeness (QED) is 0.0273. The lowest BCUT2D eigenvalue weighted by atomic mass is 10.0. The molecule has 2 N–H and O–H groups in total. The summed E-state index contributed by atoms with van der Waals surface area (Å²) >= 11 is 0. The number of phosphoric ester groups is 1. The fourth-order valence-corrected chi connectivity index (χ4v) is 7.19. The van der Waals surface area contributed by atoms with Crippen molar-refractivity contribution in [1.82, 2.24) is 5.32 Å². The van der Waals surface area contributed by atoms with Gasteiger partial charge in [-0.2, -0.15) is 0 Å². The summed E-state index contributed by atoms with van der Waals surface area (Å²) in [6.45, 7) is 4.35. The van der Waals surface area contributed by atoms with Crippen molar-refractivity contribution < 1.29 is 32.9 Å². The number of unbranched alkanes of at least 4 members (excludes halogenated alkanes) is 13. The van der Waals surface area contributed by atoms with Gasteiger partial charge in [0.1, 0.15) is 13.2 Å². The van der Waals surface area contributed by atoms with Crippen molar-refractivity contribution in [2.75, 3.05) is 40.9 Å². The van der Waals surface area contributed by atoms with E-state index in [2.05, 4.69) is 129 Å². The lowest BCUT2D eigenvalue weighted by Gasteiger charge is -2.29. The van der Waals surface area contributed by atoms with Gasteiger partial charge in [0.2, 0.25) is 5.91 Å². The first-order valence-corrected chi connectivity index (χ1v) is 26.9. The molecule has 0 aromatic rings. The third-order valence-corrected chi connectivity index (χ3v) is 11.4. The Morgan fingerprint density at radius 3 is 1.37 bits per heavy atom. The highest BCUT2D eigenvalue weighted by Crippen LogP contribution is 2.38. The van der Waals surface area contributed by atoms with E-state index in [1.54, 1.807) is 6.08 Å². The van der Waals surface area contributed by atoms with E-state index in [9.17, 15) is 19.4 Å². The molecule has 0 aliphatic rings. The zero-order chi connectivity index (χ0) is 47.8. The van der Waals surface area contributed by atoms with Crippen LogP contribution in [-0.4, -0.2) is 68.5 Å². The number of aliphatic hydroxyl groups is 1. The second kappa shape index (κ2) is 46.0. The number of carbonyl (C=O) groups is 1. The summed E-state index contributed by atoms with van der Waals surface area (Å²) in [4.78, 5) is 25.3. The monoisotopic (exact) mass is 923 g/mol. The minimum atomic E-state index is -4.61. The molecule has 0 radical (unpaired) electrons. The van der Waals surface area contributed by atoms with E-state index in [-0.39, 0.29) is 12.5 Å². The molecule has 370 valence electrons. The smallest absolute Gasteiger partial charge is 0.268 e. The average molecular weight is 923 g/mol. The maximum atomic E-state index is 12.9. The van der Waals surface area contributed by atoms with Gasteiger partial charge in [-0.15, -0.1) is 0 Å². The van der Waals surface area contributed by atoms with E-state index in [1.807, 2.05) is 27.2 Å². The fourth-order valence-electron chi connectivity index (χ4n) is 6.46. The number of aliphatic hydroxyl groups excluding tert-OH is 1. The molecule has 0 bridgehead atoms. The van der Waals surface area contributed by atoms with Crippen LogP contribution >= 0.6 is 7.82 Å². The Labute approximate surface area is 399 Å². The van der Waals surface area contributed by atoms with E-state index in [1.165, 1.54) is 51.4 Å². The van der Waals surface area contributed by atoms with Gasteiger partial charge in [0, 0.05) is 6.42 Å². The summed E-state index contributed by atoms with van der Waals surface area (Å²) in [5, 5.41) is 13.7. The van der Waals surface area contributed by atoms with Crippen LogP contribution in [0.5, 0.6) is 0 Å². The number of likely N-dealkylation sites (N-methyl/N-ethyl adjacent to an activating group) is 1. The Morgan fingerprint density at radius 2 is 0.908 bits per heavy atom. The Kier molecular flexibility index (Phi) is 43.8. The van der Waals surface area contributed by atoms with Crippen molar-refractivity contribution in [3.63, 3.8) is 0 Å². The molecule has 3 unspecified atom stereocenters. The van der Waals surface area contributed by atoms with Crippen molar-refractivity contribution in [2.24, 2.45) is 0 Å². The topological polar surface area (TPSA) is 108 Å². The van der Waals surface area contributed by atoms with Crippen molar-refractivity contribution in [1.29, 1.82) is 0 Å². The first kappa shape index (κ1) is 61.9. The number of nitrogens with zero attached hydrogens (tertiary/aromatic N) is 1. The Morgan fingerprint density at radius 1 is 0.538 bits per heavy atom. The third-order valence-electron chi connectivity index (χ3n) is 10.4. The van der Waals surface area contributed by atoms with Gasteiger partial charge in [0.05, 0.1) is 39.9 Å². The second-order valence-electron chi connectivity index (χ2n) is 17.7. The number of quaternary nitrogens is 1. The summed E-state index contributed by atoms with van der Waals surface area (Å²) in [6.07, 6.45) is 68.5. The lowest BCUT2D eigenvalue weighted by Crippen LogP contribution is -2.45. The van der Waals surface area contributed by atoms with Gasteiger partial charge >= 0.3 is 0 Å².